The molecule has 1 heterocycles. The van der Waals surface area contributed by atoms with Gasteiger partial charge in [0, 0.05) is 17.6 Å². The summed E-state index contributed by atoms with van der Waals surface area (Å²) in [6.45, 7) is 4.19. The van der Waals surface area contributed by atoms with Crippen LogP contribution in [0.25, 0.3) is 0 Å². The van der Waals surface area contributed by atoms with Crippen LogP contribution in [0.15, 0.2) is 4.90 Å². The number of hydrogen-bond acceptors (Lipinski definition) is 2. The Morgan fingerprint density at radius 2 is 2.18 bits per heavy atom. The van der Waals surface area contributed by atoms with E-state index >= 15 is 0 Å². The first-order valence-corrected chi connectivity index (χ1v) is 4.33. The van der Waals surface area contributed by atoms with E-state index in [9.17, 15) is 0 Å². The first-order valence-electron chi connectivity index (χ1n) is 3.88. The van der Waals surface area contributed by atoms with Crippen LogP contribution in [0.3, 0.4) is 0 Å². The fraction of sp³-hybridized carbons (Fsp3) is 0.625. The monoisotopic (exact) mass is 170 g/mol. The van der Waals surface area contributed by atoms with Crippen molar-refractivity contribution in [2.24, 2.45) is 7.05 Å². The van der Waals surface area contributed by atoms with Crippen LogP contribution in [-0.4, -0.2) is 9.78 Å². The average molecular weight is 170 g/mol. The predicted octanol–water partition coefficient (Wildman–Crippen LogP) is 1.97. The maximum Gasteiger partial charge on any atom is 0.0760 e. The molecule has 3 heteroatoms. The van der Waals surface area contributed by atoms with Crippen molar-refractivity contribution >= 4 is 12.6 Å². The van der Waals surface area contributed by atoms with Crippen LogP contribution in [0, 0.1) is 6.92 Å². The first-order chi connectivity index (χ1) is 5.16. The Hall–Kier alpha value is -0.440. The van der Waals surface area contributed by atoms with Gasteiger partial charge in [0.1, 0.15) is 0 Å². The van der Waals surface area contributed by atoms with Crippen LogP contribution < -0.4 is 0 Å². The largest absolute Gasteiger partial charge is 0.272 e. The summed E-state index contributed by atoms with van der Waals surface area (Å²) < 4.78 is 1.88. The highest BCUT2D eigenvalue weighted by molar-refractivity contribution is 7.80. The maximum absolute atomic E-state index is 4.38. The number of aryl methyl sites for hydroxylation is 2. The number of nitrogens with zero attached hydrogens (tertiary/aromatic N) is 2. The van der Waals surface area contributed by atoms with E-state index in [0.717, 1.165) is 29.1 Å². The van der Waals surface area contributed by atoms with Crippen LogP contribution in [-0.2, 0) is 13.5 Å². The van der Waals surface area contributed by atoms with E-state index in [1.54, 1.807) is 0 Å². The highest BCUT2D eigenvalue weighted by atomic mass is 32.1. The summed E-state index contributed by atoms with van der Waals surface area (Å²) in [5, 5.41) is 4.34. The molecule has 0 aromatic carbocycles. The van der Waals surface area contributed by atoms with E-state index < -0.39 is 0 Å². The summed E-state index contributed by atoms with van der Waals surface area (Å²) in [5.41, 5.74) is 2.27. The number of thiol groups is 1. The molecule has 0 aliphatic carbocycles. The van der Waals surface area contributed by atoms with Gasteiger partial charge in [0.15, 0.2) is 0 Å². The van der Waals surface area contributed by atoms with Crippen molar-refractivity contribution < 1.29 is 0 Å². The molecule has 0 aliphatic rings. The Morgan fingerprint density at radius 3 is 2.55 bits per heavy atom. The summed E-state index contributed by atoms with van der Waals surface area (Å²) in [5.74, 6) is 0. The van der Waals surface area contributed by atoms with Crippen molar-refractivity contribution in [1.29, 1.82) is 0 Å². The van der Waals surface area contributed by atoms with Crippen molar-refractivity contribution in [1.82, 2.24) is 9.78 Å². The molecule has 0 atom stereocenters. The van der Waals surface area contributed by atoms with Gasteiger partial charge in [0.25, 0.3) is 0 Å². The zero-order valence-electron chi connectivity index (χ0n) is 7.26. The summed E-state index contributed by atoms with van der Waals surface area (Å²) in [7, 11) is 1.95. The molecule has 0 amide bonds. The standard InChI is InChI=1S/C8H14N2S/c1-4-5-7-8(11)6(2)10(3)9-7/h11H,4-5H2,1-3H3. The molecule has 0 saturated heterocycles. The normalized spacial score (nSPS) is 10.5. The smallest absolute Gasteiger partial charge is 0.0760 e. The van der Waals surface area contributed by atoms with Crippen molar-refractivity contribution in [3.05, 3.63) is 11.4 Å². The van der Waals surface area contributed by atoms with E-state index in [0.29, 0.717) is 0 Å². The lowest BCUT2D eigenvalue weighted by Crippen LogP contribution is -1.93. The van der Waals surface area contributed by atoms with Gasteiger partial charge < -0.3 is 0 Å². The summed E-state index contributed by atoms with van der Waals surface area (Å²) >= 11 is 4.38. The van der Waals surface area contributed by atoms with Crippen LogP contribution in [0.5, 0.6) is 0 Å². The van der Waals surface area contributed by atoms with Crippen molar-refractivity contribution in [3.8, 4) is 0 Å². The molecule has 1 aromatic heterocycles. The van der Waals surface area contributed by atoms with Gasteiger partial charge >= 0.3 is 0 Å². The molecule has 0 aliphatic heterocycles. The van der Waals surface area contributed by atoms with Crippen LogP contribution >= 0.6 is 12.6 Å². The maximum atomic E-state index is 4.38. The second-order valence-electron chi connectivity index (χ2n) is 2.75. The highest BCUT2D eigenvalue weighted by Crippen LogP contribution is 2.17. The Bertz CT molecular complexity index is 253. The Balaban J connectivity index is 2.98. The molecule has 0 bridgehead atoms. The van der Waals surface area contributed by atoms with Gasteiger partial charge in [-0.2, -0.15) is 5.10 Å². The first kappa shape index (κ1) is 8.65. The molecule has 0 unspecified atom stereocenters. The van der Waals surface area contributed by atoms with Gasteiger partial charge in [-0.05, 0) is 13.3 Å². The molecule has 11 heavy (non-hydrogen) atoms. The van der Waals surface area contributed by atoms with E-state index in [1.165, 1.54) is 0 Å². The van der Waals surface area contributed by atoms with E-state index in [-0.39, 0.29) is 0 Å². The third kappa shape index (κ3) is 1.59. The zero-order chi connectivity index (χ0) is 8.43. The molecule has 0 spiro atoms. The third-order valence-electron chi connectivity index (χ3n) is 1.86. The topological polar surface area (TPSA) is 17.8 Å². The Kier molecular flexibility index (Phi) is 2.60. The number of rotatable bonds is 2. The van der Waals surface area contributed by atoms with E-state index in [1.807, 2.05) is 18.7 Å². The van der Waals surface area contributed by atoms with E-state index in [4.69, 9.17) is 0 Å². The van der Waals surface area contributed by atoms with Gasteiger partial charge in [-0.1, -0.05) is 13.3 Å². The van der Waals surface area contributed by atoms with Crippen molar-refractivity contribution in [2.75, 3.05) is 0 Å². The van der Waals surface area contributed by atoms with Gasteiger partial charge in [-0.25, -0.2) is 0 Å². The number of aromatic nitrogens is 2. The zero-order valence-corrected chi connectivity index (χ0v) is 8.15. The molecule has 0 radical (unpaired) electrons. The van der Waals surface area contributed by atoms with Crippen molar-refractivity contribution in [2.45, 2.75) is 31.6 Å². The number of hydrogen-bond donors (Lipinski definition) is 1. The molecule has 0 fully saturated rings. The summed E-state index contributed by atoms with van der Waals surface area (Å²) in [6.07, 6.45) is 2.16. The molecule has 0 N–H and O–H groups in total. The molecule has 1 aromatic rings. The van der Waals surface area contributed by atoms with Gasteiger partial charge in [-0.3, -0.25) is 4.68 Å². The summed E-state index contributed by atoms with van der Waals surface area (Å²) in [4.78, 5) is 1.05. The minimum Gasteiger partial charge on any atom is -0.272 e. The van der Waals surface area contributed by atoms with E-state index in [2.05, 4.69) is 24.7 Å². The lowest BCUT2D eigenvalue weighted by atomic mass is 10.2. The fourth-order valence-electron chi connectivity index (χ4n) is 1.07. The summed E-state index contributed by atoms with van der Waals surface area (Å²) in [6, 6.07) is 0. The second kappa shape index (κ2) is 3.30. The van der Waals surface area contributed by atoms with Crippen LogP contribution in [0.4, 0.5) is 0 Å². The average Bonchev–Trinajstić information content (AvgIpc) is 2.19. The van der Waals surface area contributed by atoms with Crippen LogP contribution in [0.1, 0.15) is 24.7 Å². The second-order valence-corrected chi connectivity index (χ2v) is 3.20. The van der Waals surface area contributed by atoms with Gasteiger partial charge in [0.05, 0.1) is 5.69 Å². The van der Waals surface area contributed by atoms with Crippen molar-refractivity contribution in [3.63, 3.8) is 0 Å². The Morgan fingerprint density at radius 1 is 1.55 bits per heavy atom. The SMILES string of the molecule is CCCc1nn(C)c(C)c1S. The Labute approximate surface area is 73.0 Å². The molecule has 62 valence electrons. The predicted molar refractivity (Wildman–Crippen MR) is 49.2 cm³/mol. The highest BCUT2D eigenvalue weighted by Gasteiger charge is 2.07. The minimum atomic E-state index is 1.03. The molecular formula is C8H14N2S. The molecule has 0 saturated carbocycles. The molecular weight excluding hydrogens is 156 g/mol. The fourth-order valence-corrected chi connectivity index (χ4v) is 1.37. The van der Waals surface area contributed by atoms with Gasteiger partial charge in [0.2, 0.25) is 0 Å². The van der Waals surface area contributed by atoms with Crippen LogP contribution in [0.2, 0.25) is 0 Å². The lowest BCUT2D eigenvalue weighted by Gasteiger charge is -1.91. The third-order valence-corrected chi connectivity index (χ3v) is 2.44. The van der Waals surface area contributed by atoms with Gasteiger partial charge in [-0.15, -0.1) is 12.6 Å². The molecule has 1 rings (SSSR count). The quantitative estimate of drug-likeness (QED) is 0.672. The molecule has 2 nitrogen and oxygen atoms in total. The lowest BCUT2D eigenvalue weighted by molar-refractivity contribution is 0.714. The minimum absolute atomic E-state index is 1.03.